The Labute approximate surface area is 135 Å². The average Bonchev–Trinajstić information content (AvgIpc) is 3.04. The fraction of sp³-hybridized carbons (Fsp3) is 0.500. The zero-order valence-electron chi connectivity index (χ0n) is 13.2. The van der Waals surface area contributed by atoms with E-state index >= 15 is 0 Å². The molecule has 1 aliphatic carbocycles. The maximum absolute atomic E-state index is 12.3. The molecule has 2 aromatic heterocycles. The lowest BCUT2D eigenvalue weighted by molar-refractivity contribution is 0.173. The van der Waals surface area contributed by atoms with Crippen LogP contribution in [-0.4, -0.2) is 39.6 Å². The fourth-order valence-electron chi connectivity index (χ4n) is 3.10. The van der Waals surface area contributed by atoms with E-state index in [4.69, 9.17) is 4.74 Å². The lowest BCUT2D eigenvalue weighted by atomic mass is 9.94. The van der Waals surface area contributed by atoms with Gasteiger partial charge in [0, 0.05) is 24.9 Å². The van der Waals surface area contributed by atoms with Crippen LogP contribution in [0.2, 0.25) is 0 Å². The van der Waals surface area contributed by atoms with Crippen molar-refractivity contribution in [2.45, 2.75) is 44.6 Å². The van der Waals surface area contributed by atoms with Crippen molar-refractivity contribution < 1.29 is 9.53 Å². The second-order valence-corrected chi connectivity index (χ2v) is 5.76. The smallest absolute Gasteiger partial charge is 0.415 e. The molecule has 0 aliphatic heterocycles. The number of H-pyrrole nitrogens is 1. The standard InChI is InChI=1S/C16H21N5O2/c1-23-16(22)21(13-7-3-2-4-8-13)15-14(18-20-19-15)10-12-6-5-9-17-11-12/h5-6,9,11,13H,2-4,7-8,10H2,1H3,(H,18,19,20). The summed E-state index contributed by atoms with van der Waals surface area (Å²) < 4.78 is 4.99. The maximum atomic E-state index is 12.3. The summed E-state index contributed by atoms with van der Waals surface area (Å²) in [6.45, 7) is 0. The molecule has 2 heterocycles. The van der Waals surface area contributed by atoms with Gasteiger partial charge >= 0.3 is 6.09 Å². The number of ether oxygens (including phenoxy) is 1. The minimum atomic E-state index is -0.377. The highest BCUT2D eigenvalue weighted by Crippen LogP contribution is 2.29. The van der Waals surface area contributed by atoms with Crippen LogP contribution in [0.15, 0.2) is 24.5 Å². The van der Waals surface area contributed by atoms with Gasteiger partial charge in [-0.05, 0) is 24.5 Å². The number of pyridine rings is 1. The van der Waals surface area contributed by atoms with Crippen LogP contribution in [0.3, 0.4) is 0 Å². The number of amides is 1. The third-order valence-corrected chi connectivity index (χ3v) is 4.23. The molecule has 0 saturated heterocycles. The summed E-state index contributed by atoms with van der Waals surface area (Å²) in [5.74, 6) is 0.563. The molecule has 0 unspecified atom stereocenters. The molecule has 0 atom stereocenters. The number of hydrogen-bond donors (Lipinski definition) is 1. The predicted octanol–water partition coefficient (Wildman–Crippen LogP) is 2.70. The number of rotatable bonds is 4. The van der Waals surface area contributed by atoms with E-state index in [0.29, 0.717) is 12.2 Å². The first-order chi connectivity index (χ1) is 11.3. The molecule has 1 N–H and O–H groups in total. The first-order valence-corrected chi connectivity index (χ1v) is 7.95. The molecule has 122 valence electrons. The highest BCUT2D eigenvalue weighted by atomic mass is 16.5. The van der Waals surface area contributed by atoms with E-state index in [0.717, 1.165) is 36.9 Å². The Morgan fingerprint density at radius 1 is 1.35 bits per heavy atom. The van der Waals surface area contributed by atoms with Crippen molar-refractivity contribution in [1.29, 1.82) is 0 Å². The zero-order valence-corrected chi connectivity index (χ0v) is 13.2. The molecule has 0 radical (unpaired) electrons. The first kappa shape index (κ1) is 15.5. The van der Waals surface area contributed by atoms with E-state index in [9.17, 15) is 4.79 Å². The van der Waals surface area contributed by atoms with Crippen molar-refractivity contribution >= 4 is 11.9 Å². The maximum Gasteiger partial charge on any atom is 0.415 e. The number of nitrogens with one attached hydrogen (secondary N) is 1. The van der Waals surface area contributed by atoms with Crippen molar-refractivity contribution in [1.82, 2.24) is 20.4 Å². The van der Waals surface area contributed by atoms with Gasteiger partial charge in [-0.15, -0.1) is 5.10 Å². The summed E-state index contributed by atoms with van der Waals surface area (Å²) in [5, 5.41) is 11.1. The molecule has 0 bridgehead atoms. The van der Waals surface area contributed by atoms with Gasteiger partial charge in [0.25, 0.3) is 0 Å². The van der Waals surface area contributed by atoms with Crippen molar-refractivity contribution in [3.63, 3.8) is 0 Å². The van der Waals surface area contributed by atoms with Crippen LogP contribution in [0, 0.1) is 0 Å². The van der Waals surface area contributed by atoms with Crippen LogP contribution >= 0.6 is 0 Å². The molecule has 7 nitrogen and oxygen atoms in total. The minimum absolute atomic E-state index is 0.119. The Bertz CT molecular complexity index is 637. The van der Waals surface area contributed by atoms with Crippen LogP contribution in [0.4, 0.5) is 10.6 Å². The molecule has 1 saturated carbocycles. The zero-order chi connectivity index (χ0) is 16.1. The molecule has 1 fully saturated rings. The van der Waals surface area contributed by atoms with Gasteiger partial charge in [-0.25, -0.2) is 4.79 Å². The van der Waals surface area contributed by atoms with E-state index in [2.05, 4.69) is 20.4 Å². The number of methoxy groups -OCH3 is 1. The van der Waals surface area contributed by atoms with Gasteiger partial charge in [-0.3, -0.25) is 9.88 Å². The van der Waals surface area contributed by atoms with Crippen LogP contribution in [0.5, 0.6) is 0 Å². The van der Waals surface area contributed by atoms with Gasteiger partial charge < -0.3 is 4.74 Å². The normalized spacial score (nSPS) is 15.3. The number of carbonyl (C=O) groups is 1. The van der Waals surface area contributed by atoms with Gasteiger partial charge in [0.2, 0.25) is 0 Å². The number of anilines is 1. The molecule has 7 heteroatoms. The molecule has 2 aromatic rings. The van der Waals surface area contributed by atoms with E-state index in [1.165, 1.54) is 13.5 Å². The molecular weight excluding hydrogens is 294 g/mol. The number of nitrogens with zero attached hydrogens (tertiary/aromatic N) is 4. The lowest BCUT2D eigenvalue weighted by Crippen LogP contribution is -2.42. The van der Waals surface area contributed by atoms with Gasteiger partial charge in [-0.1, -0.05) is 25.3 Å². The number of hydrogen-bond acceptors (Lipinski definition) is 5. The molecule has 0 aromatic carbocycles. The van der Waals surface area contributed by atoms with E-state index in [-0.39, 0.29) is 12.1 Å². The Kier molecular flexibility index (Phi) is 4.85. The summed E-state index contributed by atoms with van der Waals surface area (Å²) in [5.41, 5.74) is 1.75. The van der Waals surface area contributed by atoms with E-state index < -0.39 is 0 Å². The number of aromatic nitrogens is 4. The third kappa shape index (κ3) is 3.49. The Balaban J connectivity index is 1.87. The Morgan fingerprint density at radius 3 is 2.87 bits per heavy atom. The lowest BCUT2D eigenvalue weighted by Gasteiger charge is -2.31. The molecule has 0 spiro atoms. The van der Waals surface area contributed by atoms with Gasteiger partial charge in [-0.2, -0.15) is 10.3 Å². The van der Waals surface area contributed by atoms with E-state index in [1.54, 1.807) is 17.3 Å². The van der Waals surface area contributed by atoms with Crippen LogP contribution in [0.1, 0.15) is 43.4 Å². The minimum Gasteiger partial charge on any atom is -0.452 e. The molecule has 23 heavy (non-hydrogen) atoms. The quantitative estimate of drug-likeness (QED) is 0.937. The van der Waals surface area contributed by atoms with Crippen molar-refractivity contribution in [2.75, 3.05) is 12.0 Å². The Hall–Kier alpha value is -2.44. The topological polar surface area (TPSA) is 84.0 Å². The van der Waals surface area contributed by atoms with Gasteiger partial charge in [0.15, 0.2) is 5.82 Å². The number of carbonyl (C=O) groups excluding carboxylic acids is 1. The molecular formula is C16H21N5O2. The van der Waals surface area contributed by atoms with Gasteiger partial charge in [0.05, 0.1) is 7.11 Å². The van der Waals surface area contributed by atoms with Crippen LogP contribution in [-0.2, 0) is 11.2 Å². The van der Waals surface area contributed by atoms with Crippen LogP contribution < -0.4 is 4.90 Å². The monoisotopic (exact) mass is 315 g/mol. The number of aromatic amines is 1. The molecule has 1 amide bonds. The molecule has 1 aliphatic rings. The summed E-state index contributed by atoms with van der Waals surface area (Å²) in [4.78, 5) is 18.1. The molecule has 3 rings (SSSR count). The summed E-state index contributed by atoms with van der Waals surface area (Å²) in [6, 6.07) is 3.98. The third-order valence-electron chi connectivity index (χ3n) is 4.23. The summed E-state index contributed by atoms with van der Waals surface area (Å²) >= 11 is 0. The van der Waals surface area contributed by atoms with Crippen LogP contribution in [0.25, 0.3) is 0 Å². The predicted molar refractivity (Wildman–Crippen MR) is 85.2 cm³/mol. The largest absolute Gasteiger partial charge is 0.452 e. The van der Waals surface area contributed by atoms with E-state index in [1.807, 2.05) is 12.1 Å². The van der Waals surface area contributed by atoms with Crippen molar-refractivity contribution in [3.8, 4) is 0 Å². The highest BCUT2D eigenvalue weighted by Gasteiger charge is 2.31. The second kappa shape index (κ2) is 7.21. The highest BCUT2D eigenvalue weighted by molar-refractivity contribution is 5.87. The second-order valence-electron chi connectivity index (χ2n) is 5.76. The SMILES string of the molecule is COC(=O)N(c1n[nH]nc1Cc1cccnc1)C1CCCCC1. The summed E-state index contributed by atoms with van der Waals surface area (Å²) in [7, 11) is 1.40. The van der Waals surface area contributed by atoms with Gasteiger partial charge in [0.1, 0.15) is 5.69 Å². The first-order valence-electron chi connectivity index (χ1n) is 7.95. The average molecular weight is 315 g/mol. The fourth-order valence-corrected chi connectivity index (χ4v) is 3.10. The summed E-state index contributed by atoms with van der Waals surface area (Å²) in [6.07, 6.45) is 9.10. The van der Waals surface area contributed by atoms with Crippen molar-refractivity contribution in [3.05, 3.63) is 35.8 Å². The Morgan fingerprint density at radius 2 is 2.17 bits per heavy atom. The van der Waals surface area contributed by atoms with Crippen molar-refractivity contribution in [2.24, 2.45) is 0 Å².